The Labute approximate surface area is 166 Å². The van der Waals surface area contributed by atoms with Crippen molar-refractivity contribution < 1.29 is 9.11 Å². The van der Waals surface area contributed by atoms with Crippen LogP contribution in [-0.4, -0.2) is 38.2 Å². The Morgan fingerprint density at radius 3 is 2.54 bits per heavy atom. The Morgan fingerprint density at radius 2 is 1.82 bits per heavy atom. The molecule has 2 N–H and O–H groups in total. The van der Waals surface area contributed by atoms with Gasteiger partial charge in [0.25, 0.3) is 0 Å². The molecule has 3 heterocycles. The molecular weight excluding hydrogens is 370 g/mol. The lowest BCUT2D eigenvalue weighted by Gasteiger charge is -2.57. The molecule has 0 aromatic heterocycles. The molecule has 0 atom stereocenters. The molecule has 0 amide bonds. The van der Waals surface area contributed by atoms with Crippen LogP contribution in [0.3, 0.4) is 0 Å². The van der Waals surface area contributed by atoms with Crippen LogP contribution < -0.4 is 0 Å². The first-order chi connectivity index (χ1) is 13.5. The van der Waals surface area contributed by atoms with Crippen LogP contribution in [0.4, 0.5) is 0 Å². The number of hydrogen-bond donors (Lipinski definition) is 2. The number of fused-ring (bicyclic) bond motifs is 2. The van der Waals surface area contributed by atoms with Crippen LogP contribution in [0.1, 0.15) is 36.8 Å². The Bertz CT molecular complexity index is 986. The van der Waals surface area contributed by atoms with Gasteiger partial charge in [-0.2, -0.15) is 5.26 Å². The van der Waals surface area contributed by atoms with Crippen molar-refractivity contribution >= 4 is 16.6 Å². The molecule has 3 fully saturated rings. The summed E-state index contributed by atoms with van der Waals surface area (Å²) in [7, 11) is -2.86. The van der Waals surface area contributed by atoms with E-state index >= 15 is 0 Å². The summed E-state index contributed by atoms with van der Waals surface area (Å²) in [4.78, 5) is 2.33. The Balaban J connectivity index is 1.54. The summed E-state index contributed by atoms with van der Waals surface area (Å²) in [5.74, 6) is 1.23. The summed E-state index contributed by atoms with van der Waals surface area (Å²) in [6.07, 6.45) is 4.27. The number of hydrogen-bond acceptors (Lipinski definition) is 5. The van der Waals surface area contributed by atoms with Crippen molar-refractivity contribution in [2.45, 2.75) is 37.1 Å². The average molecular weight is 394 g/mol. The molecule has 4 aliphatic rings. The number of nitrogens with zero attached hydrogens (tertiary/aromatic N) is 3. The van der Waals surface area contributed by atoms with Gasteiger partial charge in [-0.1, -0.05) is 47.2 Å². The highest BCUT2D eigenvalue weighted by atomic mass is 32.3. The summed E-state index contributed by atoms with van der Waals surface area (Å²) in [5, 5.41) is 9.14. The summed E-state index contributed by atoms with van der Waals surface area (Å²) in [5.41, 5.74) is 3.75. The molecule has 5 nitrogen and oxygen atoms in total. The zero-order valence-electron chi connectivity index (χ0n) is 15.6. The zero-order valence-corrected chi connectivity index (χ0v) is 16.4. The maximum Gasteiger partial charge on any atom is 0.135 e. The molecule has 2 saturated heterocycles. The van der Waals surface area contributed by atoms with Crippen LogP contribution in [-0.2, 0) is 5.41 Å². The molecule has 0 radical (unpaired) electrons. The van der Waals surface area contributed by atoms with E-state index in [1.165, 1.54) is 5.56 Å². The maximum absolute atomic E-state index is 10.2. The third-order valence-corrected chi connectivity index (χ3v) is 7.75. The molecule has 0 unspecified atom stereocenters. The predicted molar refractivity (Wildman–Crippen MR) is 112 cm³/mol. The third kappa shape index (κ3) is 2.74. The molecule has 2 aromatic carbocycles. The lowest BCUT2D eigenvalue weighted by molar-refractivity contribution is 0.150. The minimum atomic E-state index is -2.86. The van der Waals surface area contributed by atoms with Gasteiger partial charge in [-0.3, -0.25) is 9.11 Å². The van der Waals surface area contributed by atoms with Crippen LogP contribution in [0.15, 0.2) is 52.9 Å². The lowest BCUT2D eigenvalue weighted by atomic mass is 9.63. The predicted octanol–water partition coefficient (Wildman–Crippen LogP) is 4.80. The van der Waals surface area contributed by atoms with Crippen molar-refractivity contribution in [2.75, 3.05) is 12.3 Å². The van der Waals surface area contributed by atoms with Gasteiger partial charge in [-0.15, -0.1) is 4.40 Å². The van der Waals surface area contributed by atoms with Gasteiger partial charge in [-0.05, 0) is 54.5 Å². The van der Waals surface area contributed by atoms with Crippen LogP contribution in [0, 0.1) is 11.3 Å². The third-order valence-electron chi connectivity index (χ3n) is 6.55. The highest BCUT2D eigenvalue weighted by Crippen LogP contribution is 2.54. The van der Waals surface area contributed by atoms with E-state index in [9.17, 15) is 9.11 Å². The van der Waals surface area contributed by atoms with Crippen molar-refractivity contribution in [3.63, 3.8) is 0 Å². The Hall–Kier alpha value is -2.33. The molecule has 1 saturated carbocycles. The van der Waals surface area contributed by atoms with Gasteiger partial charge in [-0.25, -0.2) is 0 Å². The van der Waals surface area contributed by atoms with E-state index in [4.69, 9.17) is 5.26 Å². The Kier molecular flexibility index (Phi) is 4.02. The molecule has 6 heteroatoms. The normalized spacial score (nSPS) is 28.8. The van der Waals surface area contributed by atoms with E-state index < -0.39 is 10.8 Å². The van der Waals surface area contributed by atoms with E-state index in [1.807, 2.05) is 24.3 Å². The zero-order chi connectivity index (χ0) is 19.4. The molecule has 6 rings (SSSR count). The van der Waals surface area contributed by atoms with E-state index in [2.05, 4.69) is 39.6 Å². The van der Waals surface area contributed by atoms with Crippen molar-refractivity contribution in [1.29, 1.82) is 5.26 Å². The first-order valence-corrected chi connectivity index (χ1v) is 11.4. The van der Waals surface area contributed by atoms with Crippen LogP contribution in [0.25, 0.3) is 11.1 Å². The van der Waals surface area contributed by atoms with Crippen LogP contribution >= 0.6 is 10.8 Å². The molecule has 144 valence electrons. The van der Waals surface area contributed by atoms with Crippen molar-refractivity contribution in [3.8, 4) is 17.2 Å². The van der Waals surface area contributed by atoms with E-state index in [0.717, 1.165) is 42.6 Å². The smallest absolute Gasteiger partial charge is 0.135 e. The maximum atomic E-state index is 10.2. The van der Waals surface area contributed by atoms with Crippen molar-refractivity contribution in [2.24, 2.45) is 4.40 Å². The van der Waals surface area contributed by atoms with Gasteiger partial charge in [0, 0.05) is 12.6 Å². The lowest BCUT2D eigenvalue weighted by Crippen LogP contribution is -2.62. The minimum absolute atomic E-state index is 0.216. The fraction of sp³-hybridized carbons (Fsp3) is 0.364. The van der Waals surface area contributed by atoms with E-state index in [-0.39, 0.29) is 5.41 Å². The summed E-state index contributed by atoms with van der Waals surface area (Å²) in [6, 6.07) is 18.8. The highest BCUT2D eigenvalue weighted by molar-refractivity contribution is 8.23. The van der Waals surface area contributed by atoms with E-state index in [0.29, 0.717) is 23.9 Å². The number of amidine groups is 1. The van der Waals surface area contributed by atoms with Gasteiger partial charge in [0.2, 0.25) is 0 Å². The second kappa shape index (κ2) is 6.35. The summed E-state index contributed by atoms with van der Waals surface area (Å²) >= 11 is 0. The average Bonchev–Trinajstić information content (AvgIpc) is 2.74. The fourth-order valence-electron chi connectivity index (χ4n) is 5.08. The van der Waals surface area contributed by atoms with Gasteiger partial charge in [0.15, 0.2) is 0 Å². The number of benzene rings is 2. The molecule has 28 heavy (non-hydrogen) atoms. The van der Waals surface area contributed by atoms with Gasteiger partial charge in [0.05, 0.1) is 22.8 Å². The van der Waals surface area contributed by atoms with Crippen LogP contribution in [0.5, 0.6) is 0 Å². The van der Waals surface area contributed by atoms with Crippen molar-refractivity contribution in [3.05, 3.63) is 59.7 Å². The molecular formula is C22H23N3O2S. The molecule has 3 aliphatic heterocycles. The molecule has 2 aromatic rings. The number of piperidine rings is 2. The second-order valence-corrected chi connectivity index (χ2v) is 9.88. The molecule has 2 bridgehead atoms. The van der Waals surface area contributed by atoms with E-state index in [1.54, 1.807) is 0 Å². The minimum Gasteiger partial charge on any atom is -0.353 e. The largest absolute Gasteiger partial charge is 0.353 e. The topological polar surface area (TPSA) is 79.9 Å². The molecule has 1 aliphatic carbocycles. The highest BCUT2D eigenvalue weighted by Gasteiger charge is 2.52. The van der Waals surface area contributed by atoms with Crippen molar-refractivity contribution in [1.82, 2.24) is 4.90 Å². The Morgan fingerprint density at radius 1 is 1.07 bits per heavy atom. The first kappa shape index (κ1) is 17.7. The first-order valence-electron chi connectivity index (χ1n) is 9.75. The van der Waals surface area contributed by atoms with Crippen LogP contribution in [0.2, 0.25) is 0 Å². The standard InChI is InChI=1S/C22H23N3O2S/c23-15-16-2-1-3-18(14-16)17-4-6-19(7-5-17)22-10-8-20(9-11-22)25-12-13-28(26,27)24-21(22)25/h1-7,14,20,26-27H,8-13H2. The summed E-state index contributed by atoms with van der Waals surface area (Å²) in [6.45, 7) is 0.687. The number of nitriles is 1. The quantitative estimate of drug-likeness (QED) is 0.768. The fourth-order valence-corrected chi connectivity index (χ4v) is 6.17. The monoisotopic (exact) mass is 393 g/mol. The van der Waals surface area contributed by atoms with Gasteiger partial charge < -0.3 is 4.90 Å². The summed E-state index contributed by atoms with van der Waals surface area (Å²) < 4.78 is 25.0. The van der Waals surface area contributed by atoms with Gasteiger partial charge >= 0.3 is 0 Å². The SMILES string of the molecule is N#Cc1cccc(-c2ccc(C34CCC(CC3)N3CCS(O)(O)N=C34)cc2)c1. The second-order valence-electron chi connectivity index (χ2n) is 8.03. The number of rotatable bonds is 2. The van der Waals surface area contributed by atoms with Gasteiger partial charge in [0.1, 0.15) is 5.84 Å². The molecule has 0 spiro atoms.